The van der Waals surface area contributed by atoms with E-state index in [0.717, 1.165) is 23.4 Å². The fourth-order valence-corrected chi connectivity index (χ4v) is 4.32. The Kier molecular flexibility index (Phi) is 10.0. The number of nitrogens with one attached hydrogen (secondary N) is 1. The molecular formula is C23H29Cl2N3O4S. The van der Waals surface area contributed by atoms with Crippen molar-refractivity contribution >= 4 is 50.7 Å². The molecule has 1 N–H and O–H groups in total. The lowest BCUT2D eigenvalue weighted by Crippen LogP contribution is -2.51. The molecule has 2 rings (SSSR count). The molecule has 2 aromatic carbocycles. The molecular weight excluding hydrogens is 485 g/mol. The largest absolute Gasteiger partial charge is 0.354 e. The van der Waals surface area contributed by atoms with Gasteiger partial charge in [-0.25, -0.2) is 8.42 Å². The molecule has 0 saturated heterocycles. The van der Waals surface area contributed by atoms with E-state index in [1.165, 1.54) is 17.0 Å². The molecule has 7 nitrogen and oxygen atoms in total. The van der Waals surface area contributed by atoms with Crippen LogP contribution in [0.25, 0.3) is 0 Å². The minimum Gasteiger partial charge on any atom is -0.354 e. The molecule has 0 radical (unpaired) electrons. The maximum atomic E-state index is 13.4. The molecule has 0 fully saturated rings. The first-order chi connectivity index (χ1) is 15.5. The van der Waals surface area contributed by atoms with Crippen LogP contribution in [0.5, 0.6) is 0 Å². The molecule has 180 valence electrons. The van der Waals surface area contributed by atoms with Gasteiger partial charge in [0.25, 0.3) is 0 Å². The van der Waals surface area contributed by atoms with Gasteiger partial charge in [0.1, 0.15) is 12.6 Å². The summed E-state index contributed by atoms with van der Waals surface area (Å²) in [6.07, 6.45) is 2.75. The summed E-state index contributed by atoms with van der Waals surface area (Å²) < 4.78 is 26.0. The third kappa shape index (κ3) is 7.91. The Morgan fingerprint density at radius 3 is 2.27 bits per heavy atom. The quantitative estimate of drug-likeness (QED) is 0.458. The van der Waals surface area contributed by atoms with Gasteiger partial charge in [-0.3, -0.25) is 13.9 Å². The summed E-state index contributed by atoms with van der Waals surface area (Å²) in [6.45, 7) is 3.70. The second-order valence-corrected chi connectivity index (χ2v) is 10.4. The van der Waals surface area contributed by atoms with Gasteiger partial charge in [-0.2, -0.15) is 0 Å². The van der Waals surface area contributed by atoms with E-state index in [2.05, 4.69) is 5.32 Å². The van der Waals surface area contributed by atoms with Gasteiger partial charge in [0.05, 0.1) is 11.9 Å². The van der Waals surface area contributed by atoms with E-state index in [0.29, 0.717) is 27.8 Å². The lowest BCUT2D eigenvalue weighted by molar-refractivity contribution is -0.139. The zero-order valence-corrected chi connectivity index (χ0v) is 21.3. The molecule has 0 aliphatic heterocycles. The van der Waals surface area contributed by atoms with E-state index in [4.69, 9.17) is 23.2 Å². The van der Waals surface area contributed by atoms with Crippen LogP contribution in [0.1, 0.15) is 32.3 Å². The maximum Gasteiger partial charge on any atom is 0.244 e. The smallest absolute Gasteiger partial charge is 0.244 e. The van der Waals surface area contributed by atoms with Crippen molar-refractivity contribution in [3.05, 3.63) is 64.1 Å². The standard InChI is InChI=1S/C23H29Cl2N3O4S/c1-4-5-14-26-23(30)17(2)27(15-18-8-6-7-9-21(18)25)22(29)16-28(33(3,31)32)20-12-10-19(24)11-13-20/h6-13,17H,4-5,14-16H2,1-3H3,(H,26,30)/t17-/m1/s1. The summed E-state index contributed by atoms with van der Waals surface area (Å²) in [7, 11) is -3.79. The molecule has 0 saturated carbocycles. The highest BCUT2D eigenvalue weighted by Gasteiger charge is 2.30. The van der Waals surface area contributed by atoms with Crippen molar-refractivity contribution in [2.24, 2.45) is 0 Å². The Morgan fingerprint density at radius 2 is 1.70 bits per heavy atom. The number of anilines is 1. The molecule has 33 heavy (non-hydrogen) atoms. The van der Waals surface area contributed by atoms with Crippen molar-refractivity contribution < 1.29 is 18.0 Å². The van der Waals surface area contributed by atoms with Gasteiger partial charge in [-0.1, -0.05) is 54.7 Å². The maximum absolute atomic E-state index is 13.4. The minimum absolute atomic E-state index is 0.0547. The molecule has 1 atom stereocenters. The van der Waals surface area contributed by atoms with Crippen molar-refractivity contribution in [1.29, 1.82) is 0 Å². The average Bonchev–Trinajstić information content (AvgIpc) is 2.76. The summed E-state index contributed by atoms with van der Waals surface area (Å²) in [6, 6.07) is 12.3. The van der Waals surface area contributed by atoms with Crippen LogP contribution in [-0.4, -0.2) is 50.5 Å². The monoisotopic (exact) mass is 513 g/mol. The fraction of sp³-hybridized carbons (Fsp3) is 0.391. The Morgan fingerprint density at radius 1 is 1.06 bits per heavy atom. The summed E-state index contributed by atoms with van der Waals surface area (Å²) in [5.74, 6) is -0.852. The Hall–Kier alpha value is -2.29. The Balaban J connectivity index is 2.35. The predicted octanol–water partition coefficient (Wildman–Crippen LogP) is 4.09. The molecule has 0 bridgehead atoms. The highest BCUT2D eigenvalue weighted by Crippen LogP contribution is 2.22. The number of rotatable bonds is 11. The van der Waals surface area contributed by atoms with Crippen LogP contribution in [-0.2, 0) is 26.2 Å². The van der Waals surface area contributed by atoms with Crippen LogP contribution in [0.4, 0.5) is 5.69 Å². The number of hydrogen-bond donors (Lipinski definition) is 1. The van der Waals surface area contributed by atoms with E-state index < -0.39 is 28.5 Å². The minimum atomic E-state index is -3.79. The Bertz CT molecular complexity index is 1060. The molecule has 10 heteroatoms. The van der Waals surface area contributed by atoms with Gasteiger partial charge in [0.15, 0.2) is 0 Å². The molecule has 2 amide bonds. The number of halogens is 2. The SMILES string of the molecule is CCCCNC(=O)[C@@H](C)N(Cc1ccccc1Cl)C(=O)CN(c1ccc(Cl)cc1)S(C)(=O)=O. The predicted molar refractivity (Wildman–Crippen MR) is 133 cm³/mol. The molecule has 0 unspecified atom stereocenters. The normalized spacial score (nSPS) is 12.2. The summed E-state index contributed by atoms with van der Waals surface area (Å²) >= 11 is 12.2. The molecule has 2 aromatic rings. The highest BCUT2D eigenvalue weighted by atomic mass is 35.5. The fourth-order valence-electron chi connectivity index (χ4n) is 3.15. The lowest BCUT2D eigenvalue weighted by Gasteiger charge is -2.31. The van der Waals surface area contributed by atoms with Crippen molar-refractivity contribution in [3.8, 4) is 0 Å². The summed E-state index contributed by atoms with van der Waals surface area (Å²) in [4.78, 5) is 27.5. The van der Waals surface area contributed by atoms with Crippen molar-refractivity contribution in [2.45, 2.75) is 39.3 Å². The number of benzene rings is 2. The highest BCUT2D eigenvalue weighted by molar-refractivity contribution is 7.92. The zero-order chi connectivity index (χ0) is 24.6. The summed E-state index contributed by atoms with van der Waals surface area (Å²) in [5, 5.41) is 3.72. The van der Waals surface area contributed by atoms with E-state index in [9.17, 15) is 18.0 Å². The second-order valence-electron chi connectivity index (χ2n) is 7.68. The third-order valence-electron chi connectivity index (χ3n) is 5.09. The molecule has 0 aliphatic carbocycles. The van der Waals surface area contributed by atoms with Crippen LogP contribution in [0, 0.1) is 0 Å². The van der Waals surface area contributed by atoms with Crippen LogP contribution >= 0.6 is 23.2 Å². The van der Waals surface area contributed by atoms with Gasteiger partial charge < -0.3 is 10.2 Å². The number of unbranched alkanes of at least 4 members (excludes halogenated alkanes) is 1. The van der Waals surface area contributed by atoms with Crippen molar-refractivity contribution in [3.63, 3.8) is 0 Å². The van der Waals surface area contributed by atoms with Crippen LogP contribution < -0.4 is 9.62 Å². The molecule has 0 aliphatic rings. The van der Waals surface area contributed by atoms with Gasteiger partial charge in [-0.05, 0) is 49.2 Å². The van der Waals surface area contributed by atoms with Gasteiger partial charge in [-0.15, -0.1) is 0 Å². The molecule has 0 spiro atoms. The average molecular weight is 514 g/mol. The lowest BCUT2D eigenvalue weighted by atomic mass is 10.1. The molecule has 0 aromatic heterocycles. The number of amides is 2. The zero-order valence-electron chi connectivity index (χ0n) is 18.9. The topological polar surface area (TPSA) is 86.8 Å². The third-order valence-corrected chi connectivity index (χ3v) is 6.85. The number of carbonyl (C=O) groups is 2. The van der Waals surface area contributed by atoms with E-state index >= 15 is 0 Å². The van der Waals surface area contributed by atoms with E-state index in [-0.39, 0.29) is 12.5 Å². The van der Waals surface area contributed by atoms with Gasteiger partial charge in [0.2, 0.25) is 21.8 Å². The molecule has 0 heterocycles. The Labute approximate surface area is 205 Å². The van der Waals surface area contributed by atoms with Gasteiger partial charge in [0, 0.05) is 23.1 Å². The number of sulfonamides is 1. The van der Waals surface area contributed by atoms with Crippen molar-refractivity contribution in [1.82, 2.24) is 10.2 Å². The number of hydrogen-bond acceptors (Lipinski definition) is 4. The summed E-state index contributed by atoms with van der Waals surface area (Å²) in [5.41, 5.74) is 0.950. The second kappa shape index (κ2) is 12.3. The van der Waals surface area contributed by atoms with Crippen LogP contribution in [0.15, 0.2) is 48.5 Å². The van der Waals surface area contributed by atoms with E-state index in [1.54, 1.807) is 43.3 Å². The van der Waals surface area contributed by atoms with Crippen LogP contribution in [0.2, 0.25) is 10.0 Å². The first kappa shape index (κ1) is 27.0. The first-order valence-electron chi connectivity index (χ1n) is 10.6. The number of nitrogens with zero attached hydrogens (tertiary/aromatic N) is 2. The van der Waals surface area contributed by atoms with Crippen LogP contribution in [0.3, 0.4) is 0 Å². The number of carbonyl (C=O) groups excluding carboxylic acids is 2. The van der Waals surface area contributed by atoms with Gasteiger partial charge >= 0.3 is 0 Å². The van der Waals surface area contributed by atoms with E-state index in [1.807, 2.05) is 6.92 Å². The van der Waals surface area contributed by atoms with Crippen molar-refractivity contribution in [2.75, 3.05) is 23.7 Å². The first-order valence-corrected chi connectivity index (χ1v) is 13.2.